The lowest BCUT2D eigenvalue weighted by Gasteiger charge is -2.19. The summed E-state index contributed by atoms with van der Waals surface area (Å²) in [6, 6.07) is 2.71. The van der Waals surface area contributed by atoms with Crippen molar-refractivity contribution in [2.45, 2.75) is 45.6 Å². The molecular formula is C13H20N2. The summed E-state index contributed by atoms with van der Waals surface area (Å²) in [7, 11) is 0. The summed E-state index contributed by atoms with van der Waals surface area (Å²) in [6.07, 6.45) is 9.20. The van der Waals surface area contributed by atoms with Crippen molar-refractivity contribution in [1.82, 2.24) is 4.98 Å². The monoisotopic (exact) mass is 204 g/mol. The lowest BCUT2D eigenvalue weighted by atomic mass is 10.1. The lowest BCUT2D eigenvalue weighted by Crippen LogP contribution is -2.19. The Hall–Kier alpha value is -1.05. The maximum absolute atomic E-state index is 4.11. The van der Waals surface area contributed by atoms with E-state index < -0.39 is 0 Å². The van der Waals surface area contributed by atoms with Gasteiger partial charge in [-0.15, -0.1) is 0 Å². The molecule has 0 saturated heterocycles. The zero-order valence-electron chi connectivity index (χ0n) is 9.66. The van der Waals surface area contributed by atoms with Crippen LogP contribution in [0.25, 0.3) is 0 Å². The summed E-state index contributed by atoms with van der Waals surface area (Å²) in [5, 5.41) is 3.63. The molecule has 15 heavy (non-hydrogen) atoms. The molecule has 1 aromatic heterocycles. The van der Waals surface area contributed by atoms with Crippen molar-refractivity contribution >= 4 is 5.69 Å². The van der Waals surface area contributed by atoms with E-state index >= 15 is 0 Å². The van der Waals surface area contributed by atoms with Crippen LogP contribution < -0.4 is 5.32 Å². The second-order valence-electron chi connectivity index (χ2n) is 4.62. The average molecular weight is 204 g/mol. The predicted octanol–water partition coefficient (Wildman–Crippen LogP) is 3.38. The molecule has 1 aromatic rings. The normalized spacial score (nSPS) is 17.5. The maximum atomic E-state index is 4.11. The van der Waals surface area contributed by atoms with Crippen LogP contribution in [0.15, 0.2) is 18.5 Å². The van der Waals surface area contributed by atoms with Crippen molar-refractivity contribution in [2.75, 3.05) is 5.32 Å². The molecule has 82 valence electrons. The molecule has 0 amide bonds. The van der Waals surface area contributed by atoms with E-state index in [1.54, 1.807) is 0 Å². The van der Waals surface area contributed by atoms with Gasteiger partial charge in [-0.3, -0.25) is 4.98 Å². The molecule has 1 N–H and O–H groups in total. The van der Waals surface area contributed by atoms with E-state index in [0.29, 0.717) is 6.04 Å². The molecular weight excluding hydrogens is 184 g/mol. The highest BCUT2D eigenvalue weighted by Crippen LogP contribution is 2.34. The molecule has 2 rings (SSSR count). The summed E-state index contributed by atoms with van der Waals surface area (Å²) >= 11 is 0. The van der Waals surface area contributed by atoms with Gasteiger partial charge in [0.1, 0.15) is 0 Å². The van der Waals surface area contributed by atoms with Crippen LogP contribution in [0.4, 0.5) is 5.69 Å². The fraction of sp³-hybridized carbons (Fsp3) is 0.615. The Morgan fingerprint density at radius 2 is 2.33 bits per heavy atom. The Bertz CT molecular complexity index is 318. The number of pyridine rings is 1. The molecule has 1 aliphatic carbocycles. The Kier molecular flexibility index (Phi) is 3.24. The average Bonchev–Trinajstić information content (AvgIpc) is 3.04. The number of aromatic nitrogens is 1. The Morgan fingerprint density at radius 3 is 2.93 bits per heavy atom. The van der Waals surface area contributed by atoms with Gasteiger partial charge < -0.3 is 5.32 Å². The van der Waals surface area contributed by atoms with Crippen LogP contribution in [-0.4, -0.2) is 11.0 Å². The second kappa shape index (κ2) is 4.65. The second-order valence-corrected chi connectivity index (χ2v) is 4.62. The summed E-state index contributed by atoms with van der Waals surface area (Å²) in [6.45, 7) is 4.37. The minimum atomic E-state index is 0.638. The number of nitrogens with one attached hydrogen (secondary N) is 1. The number of hydrogen-bond acceptors (Lipinski definition) is 2. The highest BCUT2D eigenvalue weighted by molar-refractivity contribution is 5.49. The summed E-state index contributed by atoms with van der Waals surface area (Å²) in [4.78, 5) is 4.11. The van der Waals surface area contributed by atoms with Gasteiger partial charge in [0.2, 0.25) is 0 Å². The van der Waals surface area contributed by atoms with Gasteiger partial charge in [-0.25, -0.2) is 0 Å². The smallest absolute Gasteiger partial charge is 0.0402 e. The van der Waals surface area contributed by atoms with Crippen LogP contribution in [-0.2, 0) is 0 Å². The third-order valence-corrected chi connectivity index (χ3v) is 3.19. The molecule has 2 heteroatoms. The van der Waals surface area contributed by atoms with Crippen molar-refractivity contribution in [3.05, 3.63) is 24.0 Å². The Morgan fingerprint density at radius 1 is 1.53 bits per heavy atom. The van der Waals surface area contributed by atoms with Gasteiger partial charge in [0.15, 0.2) is 0 Å². The number of hydrogen-bond donors (Lipinski definition) is 1. The predicted molar refractivity (Wildman–Crippen MR) is 64.0 cm³/mol. The third kappa shape index (κ3) is 2.95. The summed E-state index contributed by atoms with van der Waals surface area (Å²) < 4.78 is 0. The first kappa shape index (κ1) is 10.5. The van der Waals surface area contributed by atoms with Crippen LogP contribution in [0.1, 0.15) is 38.2 Å². The van der Waals surface area contributed by atoms with E-state index in [4.69, 9.17) is 0 Å². The van der Waals surface area contributed by atoms with Gasteiger partial charge in [0.05, 0.1) is 0 Å². The molecule has 1 aliphatic rings. The number of anilines is 1. The van der Waals surface area contributed by atoms with Crippen LogP contribution in [0.2, 0.25) is 0 Å². The number of nitrogens with zero attached hydrogens (tertiary/aromatic N) is 1. The first-order valence-corrected chi connectivity index (χ1v) is 5.96. The first-order chi connectivity index (χ1) is 7.29. The van der Waals surface area contributed by atoms with E-state index in [-0.39, 0.29) is 0 Å². The largest absolute Gasteiger partial charge is 0.382 e. The van der Waals surface area contributed by atoms with E-state index in [2.05, 4.69) is 30.2 Å². The van der Waals surface area contributed by atoms with E-state index in [1.165, 1.54) is 36.9 Å². The molecule has 0 bridgehead atoms. The van der Waals surface area contributed by atoms with Crippen LogP contribution in [0, 0.1) is 12.8 Å². The van der Waals surface area contributed by atoms with Crippen molar-refractivity contribution < 1.29 is 0 Å². The van der Waals surface area contributed by atoms with Crippen LogP contribution >= 0.6 is 0 Å². The van der Waals surface area contributed by atoms with Gasteiger partial charge in [0.25, 0.3) is 0 Å². The highest BCUT2D eigenvalue weighted by Gasteiger charge is 2.24. The summed E-state index contributed by atoms with van der Waals surface area (Å²) in [5.74, 6) is 0.990. The highest BCUT2D eigenvalue weighted by atomic mass is 14.9. The Labute approximate surface area is 92.1 Å². The van der Waals surface area contributed by atoms with E-state index in [1.807, 2.05) is 12.4 Å². The number of rotatable bonds is 5. The molecule has 1 saturated carbocycles. The Balaban J connectivity index is 1.95. The molecule has 1 heterocycles. The van der Waals surface area contributed by atoms with Crippen molar-refractivity contribution in [1.29, 1.82) is 0 Å². The number of aryl methyl sites for hydroxylation is 1. The van der Waals surface area contributed by atoms with Gasteiger partial charge in [-0.05, 0) is 37.3 Å². The molecule has 2 nitrogen and oxygen atoms in total. The zero-order valence-corrected chi connectivity index (χ0v) is 9.66. The van der Waals surface area contributed by atoms with Gasteiger partial charge in [-0.1, -0.05) is 19.8 Å². The molecule has 0 spiro atoms. The minimum absolute atomic E-state index is 0.638. The minimum Gasteiger partial charge on any atom is -0.382 e. The van der Waals surface area contributed by atoms with Crippen LogP contribution in [0.3, 0.4) is 0 Å². The molecule has 1 fully saturated rings. The fourth-order valence-corrected chi connectivity index (χ4v) is 1.94. The van der Waals surface area contributed by atoms with Crippen molar-refractivity contribution in [2.24, 2.45) is 5.92 Å². The summed E-state index contributed by atoms with van der Waals surface area (Å²) in [5.41, 5.74) is 2.49. The molecule has 0 aliphatic heterocycles. The lowest BCUT2D eigenvalue weighted by molar-refractivity contribution is 0.586. The topological polar surface area (TPSA) is 24.9 Å². The van der Waals surface area contributed by atoms with Gasteiger partial charge >= 0.3 is 0 Å². The van der Waals surface area contributed by atoms with Crippen molar-refractivity contribution in [3.63, 3.8) is 0 Å². The zero-order chi connectivity index (χ0) is 10.7. The van der Waals surface area contributed by atoms with Gasteiger partial charge in [0, 0.05) is 24.1 Å². The molecule has 1 unspecified atom stereocenters. The standard InChI is InChI=1S/C13H20N2/c1-3-12(8-11-4-5-11)15-13-6-7-14-9-10(13)2/h6-7,9,11-12H,3-5,8H2,1-2H3,(H,14,15). The molecule has 0 radical (unpaired) electrons. The fourth-order valence-electron chi connectivity index (χ4n) is 1.94. The third-order valence-electron chi connectivity index (χ3n) is 3.19. The van der Waals surface area contributed by atoms with E-state index in [9.17, 15) is 0 Å². The van der Waals surface area contributed by atoms with Crippen molar-refractivity contribution in [3.8, 4) is 0 Å². The van der Waals surface area contributed by atoms with Gasteiger partial charge in [-0.2, -0.15) is 0 Å². The SMILES string of the molecule is CCC(CC1CC1)Nc1ccncc1C. The van der Waals surface area contributed by atoms with Crippen LogP contribution in [0.5, 0.6) is 0 Å². The molecule has 1 atom stereocenters. The first-order valence-electron chi connectivity index (χ1n) is 5.96. The maximum Gasteiger partial charge on any atom is 0.0402 e. The quantitative estimate of drug-likeness (QED) is 0.795. The molecule has 0 aromatic carbocycles. The van der Waals surface area contributed by atoms with E-state index in [0.717, 1.165) is 5.92 Å².